The topological polar surface area (TPSA) is 58.6 Å². The number of hydrogen-bond acceptors (Lipinski definition) is 5. The highest BCUT2D eigenvalue weighted by molar-refractivity contribution is 5.92. The van der Waals surface area contributed by atoms with Gasteiger partial charge < -0.3 is 9.64 Å². The first-order valence-electron chi connectivity index (χ1n) is 8.04. The van der Waals surface area contributed by atoms with E-state index in [9.17, 15) is 4.79 Å². The predicted octanol–water partition coefficient (Wildman–Crippen LogP) is 1.57. The van der Waals surface area contributed by atoms with E-state index >= 15 is 0 Å². The third-order valence-electron chi connectivity index (χ3n) is 4.79. The molecule has 3 heterocycles. The van der Waals surface area contributed by atoms with Crippen LogP contribution < -0.4 is 4.74 Å². The summed E-state index contributed by atoms with van der Waals surface area (Å²) in [5.41, 5.74) is 0.398. The van der Waals surface area contributed by atoms with Gasteiger partial charge in [0.15, 0.2) is 5.69 Å². The molecule has 120 valence electrons. The van der Waals surface area contributed by atoms with Gasteiger partial charge in [-0.25, -0.2) is 0 Å². The van der Waals surface area contributed by atoms with Crippen LogP contribution in [0.3, 0.4) is 0 Å². The highest BCUT2D eigenvalue weighted by Crippen LogP contribution is 2.32. The van der Waals surface area contributed by atoms with Crippen molar-refractivity contribution in [3.63, 3.8) is 0 Å². The van der Waals surface area contributed by atoms with E-state index < -0.39 is 0 Å². The Morgan fingerprint density at radius 1 is 1.23 bits per heavy atom. The number of rotatable bonds is 3. The zero-order chi connectivity index (χ0) is 15.7. The first-order chi connectivity index (χ1) is 10.6. The second-order valence-corrected chi connectivity index (χ2v) is 6.43. The lowest BCUT2D eigenvalue weighted by Crippen LogP contribution is -2.44. The van der Waals surface area contributed by atoms with Gasteiger partial charge in [-0.3, -0.25) is 9.69 Å². The van der Waals surface area contributed by atoms with Crippen molar-refractivity contribution in [3.05, 3.63) is 17.8 Å². The minimum atomic E-state index is -0.0218. The van der Waals surface area contributed by atoms with Gasteiger partial charge >= 0.3 is 0 Å². The normalized spacial score (nSPS) is 25.4. The van der Waals surface area contributed by atoms with Crippen LogP contribution in [0, 0.1) is 0 Å². The SMILES string of the molecule is COc1ccc(C(=O)N2CC[C@H]3CC[C@@H](C2)N3C(C)C)nn1. The summed E-state index contributed by atoms with van der Waals surface area (Å²) in [6.45, 7) is 6.09. The molecule has 0 N–H and O–H groups in total. The summed E-state index contributed by atoms with van der Waals surface area (Å²) in [5, 5.41) is 7.89. The van der Waals surface area contributed by atoms with Crippen LogP contribution in [0.15, 0.2) is 12.1 Å². The van der Waals surface area contributed by atoms with E-state index in [0.717, 1.165) is 19.5 Å². The molecular weight excluding hydrogens is 280 g/mol. The fourth-order valence-corrected chi connectivity index (χ4v) is 3.84. The Balaban J connectivity index is 1.73. The lowest BCUT2D eigenvalue weighted by Gasteiger charge is -2.32. The van der Waals surface area contributed by atoms with Crippen LogP contribution in [0.5, 0.6) is 5.88 Å². The highest BCUT2D eigenvalue weighted by atomic mass is 16.5. The van der Waals surface area contributed by atoms with E-state index in [4.69, 9.17) is 4.74 Å². The number of amides is 1. The third-order valence-corrected chi connectivity index (χ3v) is 4.79. The van der Waals surface area contributed by atoms with E-state index in [2.05, 4.69) is 28.9 Å². The Kier molecular flexibility index (Phi) is 4.29. The van der Waals surface area contributed by atoms with E-state index in [0.29, 0.717) is 29.7 Å². The molecule has 0 unspecified atom stereocenters. The molecule has 0 aromatic carbocycles. The van der Waals surface area contributed by atoms with Crippen molar-refractivity contribution >= 4 is 5.91 Å². The molecule has 0 aliphatic carbocycles. The number of aromatic nitrogens is 2. The molecule has 0 spiro atoms. The molecule has 0 saturated carbocycles. The van der Waals surface area contributed by atoms with Gasteiger partial charge in [-0.1, -0.05) is 0 Å². The maximum Gasteiger partial charge on any atom is 0.274 e. The second kappa shape index (κ2) is 6.20. The van der Waals surface area contributed by atoms with Crippen LogP contribution in [0.4, 0.5) is 0 Å². The number of likely N-dealkylation sites (tertiary alicyclic amines) is 1. The average molecular weight is 304 g/mol. The summed E-state index contributed by atoms with van der Waals surface area (Å²) < 4.78 is 4.99. The van der Waals surface area contributed by atoms with Crippen LogP contribution >= 0.6 is 0 Å². The van der Waals surface area contributed by atoms with Crippen LogP contribution in [-0.4, -0.2) is 64.2 Å². The Bertz CT molecular complexity index is 531. The molecular formula is C16H24N4O2. The summed E-state index contributed by atoms with van der Waals surface area (Å²) >= 11 is 0. The lowest BCUT2D eigenvalue weighted by atomic mass is 10.1. The van der Waals surface area contributed by atoms with Gasteiger partial charge in [-0.2, -0.15) is 0 Å². The molecule has 2 atom stereocenters. The quantitative estimate of drug-likeness (QED) is 0.848. The van der Waals surface area contributed by atoms with E-state index in [1.54, 1.807) is 12.1 Å². The number of ether oxygens (including phenoxy) is 1. The third kappa shape index (κ3) is 2.79. The molecule has 1 aromatic rings. The zero-order valence-electron chi connectivity index (χ0n) is 13.5. The molecule has 6 heteroatoms. The van der Waals surface area contributed by atoms with Crippen molar-refractivity contribution < 1.29 is 9.53 Å². The average Bonchev–Trinajstić information content (AvgIpc) is 2.81. The number of carbonyl (C=O) groups excluding carboxylic acids is 1. The molecule has 2 aliphatic heterocycles. The molecule has 6 nitrogen and oxygen atoms in total. The van der Waals surface area contributed by atoms with Crippen molar-refractivity contribution in [2.45, 2.75) is 51.2 Å². The smallest absolute Gasteiger partial charge is 0.274 e. The standard InChI is InChI=1S/C16H24N4O2/c1-11(2)20-12-4-5-13(20)10-19(9-8-12)16(21)14-6-7-15(22-3)18-17-14/h6-7,11-13H,4-5,8-10H2,1-3H3/t12-,13+/m1/s1. The van der Waals surface area contributed by atoms with E-state index in [1.165, 1.54) is 20.0 Å². The number of hydrogen-bond donors (Lipinski definition) is 0. The molecule has 3 rings (SSSR count). The zero-order valence-corrected chi connectivity index (χ0v) is 13.5. The monoisotopic (exact) mass is 304 g/mol. The van der Waals surface area contributed by atoms with Gasteiger partial charge in [-0.05, 0) is 39.2 Å². The summed E-state index contributed by atoms with van der Waals surface area (Å²) in [4.78, 5) is 17.2. The van der Waals surface area contributed by atoms with Gasteiger partial charge in [0.1, 0.15) is 0 Å². The van der Waals surface area contributed by atoms with Crippen molar-refractivity contribution in [1.82, 2.24) is 20.0 Å². The fourth-order valence-electron chi connectivity index (χ4n) is 3.84. The van der Waals surface area contributed by atoms with Gasteiger partial charge in [0.25, 0.3) is 5.91 Å². The maximum absolute atomic E-state index is 12.7. The van der Waals surface area contributed by atoms with E-state index in [1.807, 2.05) is 4.90 Å². The molecule has 2 aliphatic rings. The number of carbonyl (C=O) groups is 1. The Morgan fingerprint density at radius 2 is 2.00 bits per heavy atom. The fraction of sp³-hybridized carbons (Fsp3) is 0.688. The minimum absolute atomic E-state index is 0.0218. The number of methoxy groups -OCH3 is 1. The van der Waals surface area contributed by atoms with Crippen molar-refractivity contribution in [1.29, 1.82) is 0 Å². The van der Waals surface area contributed by atoms with Crippen molar-refractivity contribution in [2.24, 2.45) is 0 Å². The highest BCUT2D eigenvalue weighted by Gasteiger charge is 2.39. The Hall–Kier alpha value is -1.69. The first kappa shape index (κ1) is 15.2. The van der Waals surface area contributed by atoms with Gasteiger partial charge in [-0.15, -0.1) is 10.2 Å². The largest absolute Gasteiger partial charge is 0.480 e. The van der Waals surface area contributed by atoms with Gasteiger partial charge in [0.2, 0.25) is 5.88 Å². The number of fused-ring (bicyclic) bond motifs is 2. The summed E-state index contributed by atoms with van der Waals surface area (Å²) in [6.07, 6.45) is 3.48. The summed E-state index contributed by atoms with van der Waals surface area (Å²) in [5.74, 6) is 0.406. The van der Waals surface area contributed by atoms with Gasteiger partial charge in [0.05, 0.1) is 7.11 Å². The van der Waals surface area contributed by atoms with Crippen molar-refractivity contribution in [2.75, 3.05) is 20.2 Å². The first-order valence-corrected chi connectivity index (χ1v) is 8.04. The number of nitrogens with zero attached hydrogens (tertiary/aromatic N) is 4. The minimum Gasteiger partial charge on any atom is -0.480 e. The molecule has 2 saturated heterocycles. The van der Waals surface area contributed by atoms with Crippen LogP contribution in [0.25, 0.3) is 0 Å². The molecule has 1 amide bonds. The Morgan fingerprint density at radius 3 is 2.64 bits per heavy atom. The van der Waals surface area contributed by atoms with Gasteiger partial charge in [0, 0.05) is 37.3 Å². The molecule has 0 radical (unpaired) electrons. The van der Waals surface area contributed by atoms with Crippen LogP contribution in [0.2, 0.25) is 0 Å². The lowest BCUT2D eigenvalue weighted by molar-refractivity contribution is 0.0721. The summed E-state index contributed by atoms with van der Waals surface area (Å²) in [6, 6.07) is 5.00. The summed E-state index contributed by atoms with van der Waals surface area (Å²) in [7, 11) is 1.54. The molecule has 1 aromatic heterocycles. The van der Waals surface area contributed by atoms with Crippen LogP contribution in [0.1, 0.15) is 43.6 Å². The molecule has 2 fully saturated rings. The van der Waals surface area contributed by atoms with Crippen molar-refractivity contribution in [3.8, 4) is 5.88 Å². The Labute approximate surface area is 131 Å². The molecule has 22 heavy (non-hydrogen) atoms. The molecule has 2 bridgehead atoms. The van der Waals surface area contributed by atoms with E-state index in [-0.39, 0.29) is 5.91 Å². The maximum atomic E-state index is 12.7. The second-order valence-electron chi connectivity index (χ2n) is 6.43. The van der Waals surface area contributed by atoms with Crippen LogP contribution in [-0.2, 0) is 0 Å². The predicted molar refractivity (Wildman–Crippen MR) is 82.9 cm³/mol.